The first-order valence-corrected chi connectivity index (χ1v) is 7.58. The number of hydrogen-bond acceptors (Lipinski definition) is 3. The van der Waals surface area contributed by atoms with Crippen molar-refractivity contribution in [3.63, 3.8) is 0 Å². The Labute approximate surface area is 122 Å². The van der Waals surface area contributed by atoms with E-state index in [1.165, 1.54) is 16.8 Å². The van der Waals surface area contributed by atoms with E-state index in [0.29, 0.717) is 0 Å². The van der Waals surface area contributed by atoms with E-state index in [4.69, 9.17) is 4.99 Å². The molecule has 2 heterocycles. The van der Waals surface area contributed by atoms with Gasteiger partial charge in [0.1, 0.15) is 0 Å². The molecule has 2 aliphatic heterocycles. The molecule has 3 heteroatoms. The van der Waals surface area contributed by atoms with E-state index in [9.17, 15) is 0 Å². The highest BCUT2D eigenvalue weighted by atomic mass is 32.2. The summed E-state index contributed by atoms with van der Waals surface area (Å²) in [7, 11) is 0. The van der Waals surface area contributed by atoms with Crippen molar-refractivity contribution >= 4 is 22.6 Å². The summed E-state index contributed by atoms with van der Waals surface area (Å²) >= 11 is 1.71. The molecule has 0 aliphatic carbocycles. The van der Waals surface area contributed by atoms with Crippen molar-refractivity contribution < 1.29 is 0 Å². The average Bonchev–Trinajstić information content (AvgIpc) is 2.87. The number of hydrogen-bond donors (Lipinski definition) is 0. The molecule has 2 aromatic carbocycles. The SMILES string of the molecule is CC1=CSC2=Nc3ccccc3C(c3ccccc3)N12. The molecule has 0 amide bonds. The fourth-order valence-corrected chi connectivity index (χ4v) is 3.73. The second-order valence-corrected chi connectivity index (χ2v) is 5.85. The highest BCUT2D eigenvalue weighted by Gasteiger charge is 2.34. The Kier molecular flexibility index (Phi) is 2.67. The second kappa shape index (κ2) is 4.53. The van der Waals surface area contributed by atoms with Crippen LogP contribution in [0.4, 0.5) is 5.69 Å². The molecule has 2 nitrogen and oxygen atoms in total. The van der Waals surface area contributed by atoms with Crippen LogP contribution in [0.1, 0.15) is 24.1 Å². The van der Waals surface area contributed by atoms with Crippen molar-refractivity contribution in [2.24, 2.45) is 4.99 Å². The molecule has 0 saturated heterocycles. The molecule has 0 spiro atoms. The van der Waals surface area contributed by atoms with Gasteiger partial charge < -0.3 is 4.90 Å². The van der Waals surface area contributed by atoms with Crippen LogP contribution in [0, 0.1) is 0 Å². The Bertz CT molecular complexity index is 719. The van der Waals surface area contributed by atoms with E-state index in [1.54, 1.807) is 11.8 Å². The van der Waals surface area contributed by atoms with Gasteiger partial charge in [0.25, 0.3) is 0 Å². The molecule has 2 aliphatic rings. The minimum atomic E-state index is 0.228. The molecule has 0 radical (unpaired) electrons. The number of allylic oxidation sites excluding steroid dienone is 1. The Morgan fingerprint density at radius 1 is 1.00 bits per heavy atom. The van der Waals surface area contributed by atoms with E-state index in [2.05, 4.69) is 71.8 Å². The van der Waals surface area contributed by atoms with Crippen LogP contribution < -0.4 is 0 Å². The van der Waals surface area contributed by atoms with Gasteiger partial charge in [-0.15, -0.1) is 0 Å². The topological polar surface area (TPSA) is 15.6 Å². The summed E-state index contributed by atoms with van der Waals surface area (Å²) in [5, 5.41) is 3.26. The van der Waals surface area contributed by atoms with Crippen molar-refractivity contribution in [1.82, 2.24) is 4.90 Å². The maximum absolute atomic E-state index is 4.79. The van der Waals surface area contributed by atoms with Crippen LogP contribution in [0.25, 0.3) is 0 Å². The Morgan fingerprint density at radius 2 is 1.75 bits per heavy atom. The minimum absolute atomic E-state index is 0.228. The van der Waals surface area contributed by atoms with Gasteiger partial charge in [-0.2, -0.15) is 0 Å². The van der Waals surface area contributed by atoms with Crippen LogP contribution in [-0.2, 0) is 0 Å². The van der Waals surface area contributed by atoms with E-state index in [1.807, 2.05) is 0 Å². The zero-order valence-corrected chi connectivity index (χ0v) is 12.0. The van der Waals surface area contributed by atoms with Gasteiger partial charge >= 0.3 is 0 Å². The molecule has 0 N–H and O–H groups in total. The minimum Gasteiger partial charge on any atom is -0.312 e. The van der Waals surface area contributed by atoms with Crippen LogP contribution in [0.2, 0.25) is 0 Å². The van der Waals surface area contributed by atoms with E-state index < -0.39 is 0 Å². The first-order valence-electron chi connectivity index (χ1n) is 6.70. The highest BCUT2D eigenvalue weighted by Crippen LogP contribution is 2.45. The van der Waals surface area contributed by atoms with Gasteiger partial charge in [-0.05, 0) is 24.0 Å². The number of thioether (sulfide) groups is 1. The molecule has 4 rings (SSSR count). The largest absolute Gasteiger partial charge is 0.312 e. The van der Waals surface area contributed by atoms with Crippen LogP contribution in [0.3, 0.4) is 0 Å². The van der Waals surface area contributed by atoms with E-state index in [-0.39, 0.29) is 6.04 Å². The first kappa shape index (κ1) is 11.8. The standard InChI is InChI=1S/C17H14N2S/c1-12-11-20-17-18-15-10-6-5-9-14(15)16(19(12)17)13-7-3-2-4-8-13/h2-11,16H,1H3. The smallest absolute Gasteiger partial charge is 0.173 e. The summed E-state index contributed by atoms with van der Waals surface area (Å²) < 4.78 is 0. The highest BCUT2D eigenvalue weighted by molar-refractivity contribution is 8.16. The predicted octanol–water partition coefficient (Wildman–Crippen LogP) is 4.69. The quantitative estimate of drug-likeness (QED) is 0.752. The van der Waals surface area contributed by atoms with Crippen molar-refractivity contribution in [3.05, 3.63) is 76.8 Å². The van der Waals surface area contributed by atoms with Gasteiger partial charge in [0.15, 0.2) is 5.17 Å². The van der Waals surface area contributed by atoms with Gasteiger partial charge in [-0.25, -0.2) is 4.99 Å². The molecule has 0 bridgehead atoms. The summed E-state index contributed by atoms with van der Waals surface area (Å²) in [6.45, 7) is 2.15. The van der Waals surface area contributed by atoms with Crippen molar-refractivity contribution in [3.8, 4) is 0 Å². The van der Waals surface area contributed by atoms with E-state index >= 15 is 0 Å². The van der Waals surface area contributed by atoms with E-state index in [0.717, 1.165) is 10.9 Å². The van der Waals surface area contributed by atoms with Gasteiger partial charge in [0.05, 0.1) is 11.7 Å². The summed E-state index contributed by atoms with van der Waals surface area (Å²) in [5.41, 5.74) is 4.93. The number of rotatable bonds is 1. The lowest BCUT2D eigenvalue weighted by Crippen LogP contribution is -2.31. The van der Waals surface area contributed by atoms with Crippen molar-refractivity contribution in [1.29, 1.82) is 0 Å². The van der Waals surface area contributed by atoms with Gasteiger partial charge in [0.2, 0.25) is 0 Å². The third-order valence-electron chi connectivity index (χ3n) is 3.74. The molecule has 1 unspecified atom stereocenters. The predicted molar refractivity (Wildman–Crippen MR) is 85.0 cm³/mol. The average molecular weight is 278 g/mol. The zero-order chi connectivity index (χ0) is 13.5. The summed E-state index contributed by atoms with van der Waals surface area (Å²) in [6.07, 6.45) is 0. The third kappa shape index (κ3) is 1.70. The molecule has 0 saturated carbocycles. The van der Waals surface area contributed by atoms with Crippen molar-refractivity contribution in [2.75, 3.05) is 0 Å². The summed E-state index contributed by atoms with van der Waals surface area (Å²) in [5.74, 6) is 0. The molecule has 2 aromatic rings. The molecular weight excluding hydrogens is 264 g/mol. The zero-order valence-electron chi connectivity index (χ0n) is 11.2. The number of nitrogens with zero attached hydrogens (tertiary/aromatic N) is 2. The van der Waals surface area contributed by atoms with Crippen LogP contribution in [0.5, 0.6) is 0 Å². The maximum Gasteiger partial charge on any atom is 0.173 e. The monoisotopic (exact) mass is 278 g/mol. The van der Waals surface area contributed by atoms with Crippen LogP contribution >= 0.6 is 11.8 Å². The number of amidine groups is 1. The first-order chi connectivity index (χ1) is 9.84. The lowest BCUT2D eigenvalue weighted by Gasteiger charge is -2.35. The molecule has 0 fully saturated rings. The summed E-state index contributed by atoms with van der Waals surface area (Å²) in [4.78, 5) is 7.12. The van der Waals surface area contributed by atoms with Gasteiger partial charge in [-0.1, -0.05) is 60.3 Å². The van der Waals surface area contributed by atoms with Gasteiger partial charge in [-0.3, -0.25) is 0 Å². The Hall–Kier alpha value is -2.00. The summed E-state index contributed by atoms with van der Waals surface area (Å²) in [6, 6.07) is 19.3. The second-order valence-electron chi connectivity index (χ2n) is 5.01. The number of aliphatic imine (C=N–C) groups is 1. The number of para-hydroxylation sites is 1. The van der Waals surface area contributed by atoms with Crippen molar-refractivity contribution in [2.45, 2.75) is 13.0 Å². The van der Waals surface area contributed by atoms with Crippen LogP contribution in [0.15, 0.2) is 70.7 Å². The normalized spacial score (nSPS) is 20.1. The Morgan fingerprint density at radius 3 is 2.60 bits per heavy atom. The maximum atomic E-state index is 4.79. The number of benzene rings is 2. The third-order valence-corrected chi connectivity index (χ3v) is 4.70. The molecular formula is C17H14N2S. The van der Waals surface area contributed by atoms with Crippen LogP contribution in [-0.4, -0.2) is 10.1 Å². The molecule has 98 valence electrons. The van der Waals surface area contributed by atoms with Gasteiger partial charge in [0, 0.05) is 11.3 Å². The lowest BCUT2D eigenvalue weighted by atomic mass is 9.94. The molecule has 1 atom stereocenters. The lowest BCUT2D eigenvalue weighted by molar-refractivity contribution is 0.442. The molecule has 20 heavy (non-hydrogen) atoms. The molecule has 0 aromatic heterocycles. The fourth-order valence-electron chi connectivity index (χ4n) is 2.82. The number of fused-ring (bicyclic) bond motifs is 2. The fraction of sp³-hybridized carbons (Fsp3) is 0.118. The Balaban J connectivity index is 1.94.